The number of aromatic amines is 1. The molecule has 0 bridgehead atoms. The van der Waals surface area contributed by atoms with Gasteiger partial charge in [-0.1, -0.05) is 36.4 Å². The number of amides is 1. The highest BCUT2D eigenvalue weighted by Gasteiger charge is 2.12. The Morgan fingerprint density at radius 2 is 2.12 bits per heavy atom. The van der Waals surface area contributed by atoms with Crippen molar-refractivity contribution >= 4 is 29.5 Å². The molecule has 1 amide bonds. The van der Waals surface area contributed by atoms with Crippen LogP contribution < -0.4 is 5.32 Å². The van der Waals surface area contributed by atoms with Crippen LogP contribution in [-0.2, 0) is 22.7 Å². The van der Waals surface area contributed by atoms with E-state index in [1.165, 1.54) is 0 Å². The Labute approximate surface area is 160 Å². The van der Waals surface area contributed by atoms with E-state index in [1.807, 2.05) is 47.8 Å². The van der Waals surface area contributed by atoms with Gasteiger partial charge in [0.1, 0.15) is 6.54 Å². The molecule has 0 aliphatic rings. The first kappa shape index (κ1) is 18.5. The van der Waals surface area contributed by atoms with Crippen molar-refractivity contribution in [3.63, 3.8) is 0 Å². The fourth-order valence-electron chi connectivity index (χ4n) is 2.42. The number of thiophene rings is 1. The highest BCUT2D eigenvalue weighted by atomic mass is 32.1. The topological polar surface area (TPSA) is 71.9 Å². The number of rotatable bonds is 9. The minimum Gasteiger partial charge on any atom is -0.377 e. The van der Waals surface area contributed by atoms with E-state index in [4.69, 9.17) is 17.0 Å². The zero-order valence-corrected chi connectivity index (χ0v) is 15.8. The van der Waals surface area contributed by atoms with Gasteiger partial charge in [0.25, 0.3) is 0 Å². The van der Waals surface area contributed by atoms with E-state index in [1.54, 1.807) is 15.9 Å². The summed E-state index contributed by atoms with van der Waals surface area (Å²) in [6, 6.07) is 13.9. The summed E-state index contributed by atoms with van der Waals surface area (Å²) in [5, 5.41) is 11.8. The molecule has 0 saturated carbocycles. The lowest BCUT2D eigenvalue weighted by Gasteiger charge is -2.08. The number of ether oxygens (including phenoxy) is 1. The van der Waals surface area contributed by atoms with E-state index in [2.05, 4.69) is 15.5 Å². The molecule has 26 heavy (non-hydrogen) atoms. The van der Waals surface area contributed by atoms with Crippen molar-refractivity contribution in [2.75, 3.05) is 13.2 Å². The summed E-state index contributed by atoms with van der Waals surface area (Å²) >= 11 is 6.79. The van der Waals surface area contributed by atoms with Gasteiger partial charge in [0.05, 0.1) is 11.5 Å². The number of nitrogens with one attached hydrogen (secondary N) is 2. The smallest absolute Gasteiger partial charge is 0.240 e. The van der Waals surface area contributed by atoms with Crippen LogP contribution in [0, 0.1) is 4.77 Å². The van der Waals surface area contributed by atoms with Crippen molar-refractivity contribution in [3.05, 3.63) is 58.2 Å². The van der Waals surface area contributed by atoms with Gasteiger partial charge in [0, 0.05) is 13.2 Å². The monoisotopic (exact) mass is 388 g/mol. The minimum absolute atomic E-state index is 0.0941. The SMILES string of the molecule is O=C(Cn1c(-c2cccs2)n[nH]c1=S)NCCCOCc1ccccc1. The lowest BCUT2D eigenvalue weighted by atomic mass is 10.2. The fourth-order valence-corrected chi connectivity index (χ4v) is 3.34. The van der Waals surface area contributed by atoms with E-state index in [0.717, 1.165) is 16.9 Å². The number of aromatic nitrogens is 3. The van der Waals surface area contributed by atoms with Crippen LogP contribution in [0.4, 0.5) is 0 Å². The second-order valence-corrected chi connectivity index (χ2v) is 6.99. The summed E-state index contributed by atoms with van der Waals surface area (Å²) in [6.07, 6.45) is 0.757. The standard InChI is InChI=1S/C18H20N4O2S2/c23-16(19-9-5-10-24-13-14-6-2-1-3-7-14)12-22-17(20-21-18(22)25)15-8-4-11-26-15/h1-4,6-8,11H,5,9-10,12-13H2,(H,19,23)(H,21,25). The number of hydrogen-bond donors (Lipinski definition) is 2. The molecule has 0 radical (unpaired) electrons. The zero-order chi connectivity index (χ0) is 18.2. The number of carbonyl (C=O) groups excluding carboxylic acids is 1. The number of hydrogen-bond acceptors (Lipinski definition) is 5. The van der Waals surface area contributed by atoms with Crippen molar-refractivity contribution in [1.82, 2.24) is 20.1 Å². The average molecular weight is 389 g/mol. The van der Waals surface area contributed by atoms with Crippen LogP contribution >= 0.6 is 23.6 Å². The molecule has 6 nitrogen and oxygen atoms in total. The van der Waals surface area contributed by atoms with E-state index < -0.39 is 0 Å². The van der Waals surface area contributed by atoms with Crippen LogP contribution in [-0.4, -0.2) is 33.8 Å². The molecule has 2 N–H and O–H groups in total. The Balaban J connectivity index is 1.40. The second kappa shape index (κ2) is 9.42. The summed E-state index contributed by atoms with van der Waals surface area (Å²) in [6.45, 7) is 1.89. The molecule has 2 aromatic heterocycles. The maximum Gasteiger partial charge on any atom is 0.240 e. The van der Waals surface area contributed by atoms with Gasteiger partial charge in [-0.2, -0.15) is 5.10 Å². The van der Waals surface area contributed by atoms with E-state index in [-0.39, 0.29) is 12.5 Å². The van der Waals surface area contributed by atoms with Gasteiger partial charge in [0.2, 0.25) is 5.91 Å². The Bertz CT molecular complexity index is 872. The third-order valence-corrected chi connectivity index (χ3v) is 4.88. The lowest BCUT2D eigenvalue weighted by molar-refractivity contribution is -0.121. The van der Waals surface area contributed by atoms with Crippen molar-refractivity contribution in [1.29, 1.82) is 0 Å². The lowest BCUT2D eigenvalue weighted by Crippen LogP contribution is -2.29. The average Bonchev–Trinajstić information content (AvgIpc) is 3.29. The third-order valence-electron chi connectivity index (χ3n) is 3.70. The fraction of sp³-hybridized carbons (Fsp3) is 0.278. The Hall–Kier alpha value is -2.29. The first-order chi connectivity index (χ1) is 12.7. The third kappa shape index (κ3) is 5.10. The highest BCUT2D eigenvalue weighted by Crippen LogP contribution is 2.22. The van der Waals surface area contributed by atoms with Gasteiger partial charge in [-0.3, -0.25) is 14.5 Å². The van der Waals surface area contributed by atoms with Crippen LogP contribution in [0.15, 0.2) is 47.8 Å². The summed E-state index contributed by atoms with van der Waals surface area (Å²) in [7, 11) is 0. The van der Waals surface area contributed by atoms with Crippen molar-refractivity contribution in [2.45, 2.75) is 19.6 Å². The predicted octanol–water partition coefficient (Wildman–Crippen LogP) is 3.39. The molecule has 1 aromatic carbocycles. The molecule has 0 aliphatic heterocycles. The highest BCUT2D eigenvalue weighted by molar-refractivity contribution is 7.71. The molecular weight excluding hydrogens is 368 g/mol. The van der Waals surface area contributed by atoms with E-state index in [0.29, 0.717) is 30.4 Å². The summed E-state index contributed by atoms with van der Waals surface area (Å²) in [4.78, 5) is 13.2. The predicted molar refractivity (Wildman–Crippen MR) is 104 cm³/mol. The van der Waals surface area contributed by atoms with Gasteiger partial charge in [-0.25, -0.2) is 0 Å². The first-order valence-electron chi connectivity index (χ1n) is 8.31. The molecule has 0 saturated heterocycles. The van der Waals surface area contributed by atoms with Crippen LogP contribution in [0.1, 0.15) is 12.0 Å². The van der Waals surface area contributed by atoms with Crippen LogP contribution in [0.25, 0.3) is 10.7 Å². The molecule has 0 fully saturated rings. The van der Waals surface area contributed by atoms with Crippen molar-refractivity contribution in [2.24, 2.45) is 0 Å². The molecule has 136 valence electrons. The molecule has 0 atom stereocenters. The Kier molecular flexibility index (Phi) is 6.70. The molecule has 2 heterocycles. The molecule has 3 aromatic rings. The molecule has 0 spiro atoms. The Morgan fingerprint density at radius 1 is 1.27 bits per heavy atom. The van der Waals surface area contributed by atoms with Gasteiger partial charge in [-0.05, 0) is 35.6 Å². The quantitative estimate of drug-likeness (QED) is 0.435. The maximum atomic E-state index is 12.2. The number of H-pyrrole nitrogens is 1. The van der Waals surface area contributed by atoms with Crippen molar-refractivity contribution in [3.8, 4) is 10.7 Å². The van der Waals surface area contributed by atoms with Crippen molar-refractivity contribution < 1.29 is 9.53 Å². The second-order valence-electron chi connectivity index (χ2n) is 5.66. The molecular formula is C18H20N4O2S2. The van der Waals surface area contributed by atoms with Gasteiger partial charge >= 0.3 is 0 Å². The number of nitrogens with zero attached hydrogens (tertiary/aromatic N) is 2. The zero-order valence-electron chi connectivity index (χ0n) is 14.2. The Morgan fingerprint density at radius 3 is 2.88 bits per heavy atom. The van der Waals surface area contributed by atoms with Crippen LogP contribution in [0.3, 0.4) is 0 Å². The summed E-state index contributed by atoms with van der Waals surface area (Å²) in [5.41, 5.74) is 1.15. The minimum atomic E-state index is -0.0941. The van der Waals surface area contributed by atoms with Gasteiger partial charge in [0.15, 0.2) is 10.6 Å². The molecule has 8 heteroatoms. The van der Waals surface area contributed by atoms with Crippen LogP contribution in [0.5, 0.6) is 0 Å². The normalized spacial score (nSPS) is 10.8. The maximum absolute atomic E-state index is 12.2. The van der Waals surface area contributed by atoms with Gasteiger partial charge < -0.3 is 10.1 Å². The largest absolute Gasteiger partial charge is 0.377 e. The van der Waals surface area contributed by atoms with E-state index >= 15 is 0 Å². The number of carbonyl (C=O) groups is 1. The first-order valence-corrected chi connectivity index (χ1v) is 9.60. The van der Waals surface area contributed by atoms with Crippen LogP contribution in [0.2, 0.25) is 0 Å². The molecule has 3 rings (SSSR count). The molecule has 0 unspecified atom stereocenters. The summed E-state index contributed by atoms with van der Waals surface area (Å²) < 4.78 is 7.76. The number of benzene rings is 1. The van der Waals surface area contributed by atoms with E-state index in [9.17, 15) is 4.79 Å². The van der Waals surface area contributed by atoms with Gasteiger partial charge in [-0.15, -0.1) is 11.3 Å². The summed E-state index contributed by atoms with van der Waals surface area (Å²) in [5.74, 6) is 0.592. The molecule has 0 aliphatic carbocycles.